The van der Waals surface area contributed by atoms with Crippen molar-refractivity contribution in [2.45, 2.75) is 47.9 Å². The van der Waals surface area contributed by atoms with Crippen molar-refractivity contribution < 1.29 is 17.9 Å². The van der Waals surface area contributed by atoms with Gasteiger partial charge in [0.05, 0.1) is 10.1 Å². The van der Waals surface area contributed by atoms with Crippen LogP contribution in [-0.4, -0.2) is 43.2 Å². The number of ether oxygens (including phenoxy) is 1. The van der Waals surface area contributed by atoms with E-state index in [9.17, 15) is 13.2 Å². The van der Waals surface area contributed by atoms with Crippen LogP contribution in [0.15, 0.2) is 77.7 Å². The number of hydrogen-bond acceptors (Lipinski definition) is 4. The standard InChI is InChI=1S/C25H25NO4S/c27-25(17-30-22-13-10-18-6-4-5-7-19(18)14-22)26-20-11-12-21(26)16-24(15-20)31(28,29)23-8-2-1-3-9-23/h1-10,13-14,20-21,24H,11-12,15-17H2. The predicted octanol–water partition coefficient (Wildman–Crippen LogP) is 4.21. The van der Waals surface area contributed by atoms with Gasteiger partial charge in [0.2, 0.25) is 0 Å². The molecule has 0 aromatic heterocycles. The first-order valence-corrected chi connectivity index (χ1v) is 12.3. The van der Waals surface area contributed by atoms with Crippen LogP contribution >= 0.6 is 0 Å². The van der Waals surface area contributed by atoms with Gasteiger partial charge in [-0.25, -0.2) is 8.42 Å². The van der Waals surface area contributed by atoms with Crippen LogP contribution in [0.5, 0.6) is 5.75 Å². The molecule has 5 nitrogen and oxygen atoms in total. The lowest BCUT2D eigenvalue weighted by Gasteiger charge is -2.38. The summed E-state index contributed by atoms with van der Waals surface area (Å²) in [5.74, 6) is 0.608. The molecule has 2 heterocycles. The number of amides is 1. The smallest absolute Gasteiger partial charge is 0.261 e. The van der Waals surface area contributed by atoms with Crippen molar-refractivity contribution >= 4 is 26.5 Å². The van der Waals surface area contributed by atoms with Crippen LogP contribution in [0.25, 0.3) is 10.8 Å². The molecule has 0 spiro atoms. The van der Waals surface area contributed by atoms with Crippen LogP contribution in [0.1, 0.15) is 25.7 Å². The molecule has 160 valence electrons. The van der Waals surface area contributed by atoms with Gasteiger partial charge in [-0.05, 0) is 60.7 Å². The predicted molar refractivity (Wildman–Crippen MR) is 120 cm³/mol. The number of hydrogen-bond donors (Lipinski definition) is 0. The second-order valence-electron chi connectivity index (χ2n) is 8.44. The molecule has 2 aliphatic rings. The molecule has 2 bridgehead atoms. The second kappa shape index (κ2) is 8.00. The number of carbonyl (C=O) groups is 1. The first kappa shape index (κ1) is 20.1. The maximum Gasteiger partial charge on any atom is 0.261 e. The zero-order chi connectivity index (χ0) is 21.4. The Morgan fingerprint density at radius 2 is 1.52 bits per heavy atom. The van der Waals surface area contributed by atoms with E-state index in [4.69, 9.17) is 4.74 Å². The molecule has 0 aliphatic carbocycles. The Balaban J connectivity index is 1.26. The van der Waals surface area contributed by atoms with Gasteiger partial charge < -0.3 is 9.64 Å². The van der Waals surface area contributed by atoms with Gasteiger partial charge >= 0.3 is 0 Å². The van der Waals surface area contributed by atoms with E-state index in [0.717, 1.165) is 23.6 Å². The monoisotopic (exact) mass is 435 g/mol. The molecule has 0 radical (unpaired) electrons. The van der Waals surface area contributed by atoms with E-state index in [0.29, 0.717) is 23.5 Å². The van der Waals surface area contributed by atoms with E-state index in [1.807, 2.05) is 53.4 Å². The molecule has 0 N–H and O–H groups in total. The molecule has 5 rings (SSSR count). The van der Waals surface area contributed by atoms with Crippen LogP contribution in [0, 0.1) is 0 Å². The first-order valence-electron chi connectivity index (χ1n) is 10.7. The lowest BCUT2D eigenvalue weighted by molar-refractivity contribution is -0.137. The molecular formula is C25H25NO4S. The quantitative estimate of drug-likeness (QED) is 0.602. The number of rotatable bonds is 5. The number of nitrogens with zero attached hydrogens (tertiary/aromatic N) is 1. The Kier molecular flexibility index (Phi) is 5.18. The van der Waals surface area contributed by atoms with Crippen LogP contribution in [-0.2, 0) is 14.6 Å². The average molecular weight is 436 g/mol. The van der Waals surface area contributed by atoms with E-state index in [-0.39, 0.29) is 24.6 Å². The van der Waals surface area contributed by atoms with Gasteiger partial charge in [-0.2, -0.15) is 0 Å². The first-order chi connectivity index (χ1) is 15.0. The molecule has 3 aromatic rings. The second-order valence-corrected chi connectivity index (χ2v) is 10.7. The number of fused-ring (bicyclic) bond motifs is 3. The van der Waals surface area contributed by atoms with Gasteiger partial charge in [-0.3, -0.25) is 4.79 Å². The highest BCUT2D eigenvalue weighted by atomic mass is 32.2. The highest BCUT2D eigenvalue weighted by Crippen LogP contribution is 2.40. The van der Waals surface area contributed by atoms with E-state index >= 15 is 0 Å². The number of benzene rings is 3. The lowest BCUT2D eigenvalue weighted by atomic mass is 10.0. The Hall–Kier alpha value is -2.86. The molecule has 1 amide bonds. The van der Waals surface area contributed by atoms with Crippen LogP contribution in [0.2, 0.25) is 0 Å². The van der Waals surface area contributed by atoms with E-state index in [1.165, 1.54) is 0 Å². The van der Waals surface area contributed by atoms with Gasteiger partial charge in [0.25, 0.3) is 5.91 Å². The van der Waals surface area contributed by atoms with Crippen molar-refractivity contribution in [3.63, 3.8) is 0 Å². The topological polar surface area (TPSA) is 63.7 Å². The third kappa shape index (κ3) is 3.81. The number of sulfone groups is 1. The fourth-order valence-corrected chi connectivity index (χ4v) is 6.94. The Morgan fingerprint density at radius 1 is 0.871 bits per heavy atom. The molecule has 2 aliphatic heterocycles. The van der Waals surface area contributed by atoms with Crippen molar-refractivity contribution in [3.8, 4) is 5.75 Å². The van der Waals surface area contributed by atoms with Crippen molar-refractivity contribution in [3.05, 3.63) is 72.8 Å². The van der Waals surface area contributed by atoms with Crippen molar-refractivity contribution in [1.82, 2.24) is 4.90 Å². The summed E-state index contributed by atoms with van der Waals surface area (Å²) in [5, 5.41) is 1.76. The largest absolute Gasteiger partial charge is 0.484 e. The summed E-state index contributed by atoms with van der Waals surface area (Å²) >= 11 is 0. The fraction of sp³-hybridized carbons (Fsp3) is 0.320. The normalized spacial score (nSPS) is 23.1. The van der Waals surface area contributed by atoms with Crippen LogP contribution in [0.3, 0.4) is 0 Å². The van der Waals surface area contributed by atoms with Gasteiger partial charge in [0.1, 0.15) is 5.75 Å². The molecule has 0 saturated carbocycles. The molecule has 6 heteroatoms. The summed E-state index contributed by atoms with van der Waals surface area (Å²) in [6.07, 6.45) is 2.70. The Morgan fingerprint density at radius 3 is 2.23 bits per heavy atom. The van der Waals surface area contributed by atoms with Crippen molar-refractivity contribution in [1.29, 1.82) is 0 Å². The van der Waals surface area contributed by atoms with Crippen LogP contribution in [0.4, 0.5) is 0 Å². The van der Waals surface area contributed by atoms with Gasteiger partial charge in [-0.1, -0.05) is 48.5 Å². The van der Waals surface area contributed by atoms with Gasteiger partial charge in [0.15, 0.2) is 16.4 Å². The molecule has 2 unspecified atom stereocenters. The molecule has 31 heavy (non-hydrogen) atoms. The lowest BCUT2D eigenvalue weighted by Crippen LogP contribution is -2.51. The van der Waals surface area contributed by atoms with Crippen molar-refractivity contribution in [2.75, 3.05) is 6.61 Å². The summed E-state index contributed by atoms with van der Waals surface area (Å²) in [4.78, 5) is 15.2. The van der Waals surface area contributed by atoms with Crippen LogP contribution < -0.4 is 4.74 Å². The molecule has 3 aromatic carbocycles. The molecule has 2 saturated heterocycles. The number of piperidine rings is 1. The molecule has 2 atom stereocenters. The minimum Gasteiger partial charge on any atom is -0.484 e. The van der Waals surface area contributed by atoms with E-state index < -0.39 is 15.1 Å². The summed E-state index contributed by atoms with van der Waals surface area (Å²) in [7, 11) is -3.38. The zero-order valence-corrected chi connectivity index (χ0v) is 18.0. The van der Waals surface area contributed by atoms with E-state index in [2.05, 4.69) is 0 Å². The van der Waals surface area contributed by atoms with E-state index in [1.54, 1.807) is 24.3 Å². The summed E-state index contributed by atoms with van der Waals surface area (Å²) in [5.41, 5.74) is 0. The number of carbonyl (C=O) groups excluding carboxylic acids is 1. The maximum atomic E-state index is 13.1. The fourth-order valence-electron chi connectivity index (χ4n) is 5.07. The summed E-state index contributed by atoms with van der Waals surface area (Å²) in [6, 6.07) is 22.4. The Bertz CT molecular complexity index is 1190. The zero-order valence-electron chi connectivity index (χ0n) is 17.2. The van der Waals surface area contributed by atoms with Gasteiger partial charge in [-0.15, -0.1) is 0 Å². The summed E-state index contributed by atoms with van der Waals surface area (Å²) in [6.45, 7) is -0.0263. The minimum absolute atomic E-state index is 0.0263. The molecular weight excluding hydrogens is 410 g/mol. The Labute approximate surface area is 182 Å². The summed E-state index contributed by atoms with van der Waals surface area (Å²) < 4.78 is 32.0. The SMILES string of the molecule is O=C(COc1ccc2ccccc2c1)N1C2CCC1CC(S(=O)(=O)c1ccccc1)C2. The maximum absolute atomic E-state index is 13.1. The molecule has 2 fully saturated rings. The van der Waals surface area contributed by atoms with Gasteiger partial charge in [0, 0.05) is 12.1 Å². The third-order valence-corrected chi connectivity index (χ3v) is 8.76. The van der Waals surface area contributed by atoms with Crippen molar-refractivity contribution in [2.24, 2.45) is 0 Å². The average Bonchev–Trinajstić information content (AvgIpc) is 3.07. The minimum atomic E-state index is -3.38. The highest BCUT2D eigenvalue weighted by Gasteiger charge is 2.47. The third-order valence-electron chi connectivity index (χ3n) is 6.57. The highest BCUT2D eigenvalue weighted by molar-refractivity contribution is 7.92.